The standard InChI is InChI=1S/C17H22FNO3/c1-5-11-8-13(6-7-15(11)18)21-14-9-12(10-14)19-16(20)22-17(2,3)4/h5-8,12,14H,1,9-10H2,2-4H3,(H,19,20). The van der Waals surface area contributed by atoms with Crippen LogP contribution in [0.3, 0.4) is 0 Å². The molecule has 1 fully saturated rings. The molecule has 4 nitrogen and oxygen atoms in total. The third-order valence-corrected chi connectivity index (χ3v) is 3.31. The predicted molar refractivity (Wildman–Crippen MR) is 83.3 cm³/mol. The van der Waals surface area contributed by atoms with Gasteiger partial charge in [-0.2, -0.15) is 0 Å². The molecule has 120 valence electrons. The monoisotopic (exact) mass is 307 g/mol. The van der Waals surface area contributed by atoms with Crippen LogP contribution >= 0.6 is 0 Å². The van der Waals surface area contributed by atoms with Gasteiger partial charge in [-0.05, 0) is 39.0 Å². The summed E-state index contributed by atoms with van der Waals surface area (Å²) in [7, 11) is 0. The van der Waals surface area contributed by atoms with Crippen molar-refractivity contribution in [2.24, 2.45) is 0 Å². The van der Waals surface area contributed by atoms with Crippen LogP contribution in [0, 0.1) is 5.82 Å². The summed E-state index contributed by atoms with van der Waals surface area (Å²) in [5.41, 5.74) is -0.0842. The van der Waals surface area contributed by atoms with Gasteiger partial charge in [0.25, 0.3) is 0 Å². The molecule has 22 heavy (non-hydrogen) atoms. The molecular formula is C17H22FNO3. The van der Waals surface area contributed by atoms with E-state index in [4.69, 9.17) is 9.47 Å². The summed E-state index contributed by atoms with van der Waals surface area (Å²) in [6, 6.07) is 4.63. The molecule has 0 radical (unpaired) electrons. The van der Waals surface area contributed by atoms with Crippen molar-refractivity contribution in [2.45, 2.75) is 51.4 Å². The highest BCUT2D eigenvalue weighted by atomic mass is 19.1. The molecule has 1 aromatic carbocycles. The molecule has 1 aliphatic rings. The summed E-state index contributed by atoms with van der Waals surface area (Å²) in [6.45, 7) is 9.04. The van der Waals surface area contributed by atoms with Crippen LogP contribution in [0.2, 0.25) is 0 Å². The number of rotatable bonds is 4. The molecule has 0 atom stereocenters. The molecule has 5 heteroatoms. The highest BCUT2D eigenvalue weighted by Gasteiger charge is 2.33. The van der Waals surface area contributed by atoms with Gasteiger partial charge in [0.05, 0.1) is 0 Å². The Morgan fingerprint density at radius 2 is 2.09 bits per heavy atom. The number of halogens is 1. The zero-order valence-corrected chi connectivity index (χ0v) is 13.2. The van der Waals surface area contributed by atoms with Crippen LogP contribution in [0.5, 0.6) is 5.75 Å². The number of hydrogen-bond acceptors (Lipinski definition) is 3. The van der Waals surface area contributed by atoms with Crippen LogP contribution in [-0.2, 0) is 4.74 Å². The van der Waals surface area contributed by atoms with Crippen LogP contribution in [-0.4, -0.2) is 23.8 Å². The fourth-order valence-corrected chi connectivity index (χ4v) is 2.20. The van der Waals surface area contributed by atoms with Crippen molar-refractivity contribution < 1.29 is 18.7 Å². The van der Waals surface area contributed by atoms with Crippen molar-refractivity contribution in [1.29, 1.82) is 0 Å². The molecule has 0 unspecified atom stereocenters. The van der Waals surface area contributed by atoms with Gasteiger partial charge in [-0.1, -0.05) is 12.7 Å². The lowest BCUT2D eigenvalue weighted by atomic mass is 9.89. The minimum absolute atomic E-state index is 0.0167. The number of benzene rings is 1. The molecule has 0 aromatic heterocycles. The van der Waals surface area contributed by atoms with Crippen molar-refractivity contribution in [3.8, 4) is 5.75 Å². The predicted octanol–water partition coefficient (Wildman–Crippen LogP) is 3.90. The van der Waals surface area contributed by atoms with Crippen LogP contribution in [0.15, 0.2) is 24.8 Å². The molecular weight excluding hydrogens is 285 g/mol. The lowest BCUT2D eigenvalue weighted by Crippen LogP contribution is -2.50. The molecule has 0 aliphatic heterocycles. The average Bonchev–Trinajstić information content (AvgIpc) is 2.36. The van der Waals surface area contributed by atoms with Gasteiger partial charge < -0.3 is 14.8 Å². The summed E-state index contributed by atoms with van der Waals surface area (Å²) in [4.78, 5) is 11.6. The van der Waals surface area contributed by atoms with Crippen molar-refractivity contribution in [1.82, 2.24) is 5.32 Å². The van der Waals surface area contributed by atoms with Gasteiger partial charge >= 0.3 is 6.09 Å². The third-order valence-electron chi connectivity index (χ3n) is 3.31. The second-order valence-corrected chi connectivity index (χ2v) is 6.44. The summed E-state index contributed by atoms with van der Waals surface area (Å²) in [5, 5.41) is 2.80. The Hall–Kier alpha value is -2.04. The Labute approximate surface area is 130 Å². The summed E-state index contributed by atoms with van der Waals surface area (Å²) in [5.74, 6) is 0.289. The Balaban J connectivity index is 1.78. The smallest absolute Gasteiger partial charge is 0.407 e. The van der Waals surface area contributed by atoms with E-state index in [0.717, 1.165) is 0 Å². The minimum Gasteiger partial charge on any atom is -0.490 e. The van der Waals surface area contributed by atoms with Gasteiger partial charge in [0.1, 0.15) is 23.3 Å². The third kappa shape index (κ3) is 4.48. The van der Waals surface area contributed by atoms with E-state index in [1.54, 1.807) is 12.1 Å². The number of nitrogens with one attached hydrogen (secondary N) is 1. The van der Waals surface area contributed by atoms with Crippen molar-refractivity contribution in [2.75, 3.05) is 0 Å². The molecule has 2 rings (SSSR count). The zero-order valence-electron chi connectivity index (χ0n) is 13.2. The van der Waals surface area contributed by atoms with Gasteiger partial charge in [0.15, 0.2) is 0 Å². The molecule has 0 spiro atoms. The lowest BCUT2D eigenvalue weighted by molar-refractivity contribution is 0.0362. The van der Waals surface area contributed by atoms with Gasteiger partial charge in [-0.25, -0.2) is 9.18 Å². The molecule has 1 saturated carbocycles. The number of carbonyl (C=O) groups is 1. The fraction of sp³-hybridized carbons (Fsp3) is 0.471. The fourth-order valence-electron chi connectivity index (χ4n) is 2.20. The number of amides is 1. The molecule has 0 bridgehead atoms. The maximum absolute atomic E-state index is 13.4. The quantitative estimate of drug-likeness (QED) is 0.917. The van der Waals surface area contributed by atoms with Gasteiger partial charge in [-0.3, -0.25) is 0 Å². The van der Waals surface area contributed by atoms with Gasteiger partial charge in [0.2, 0.25) is 0 Å². The first-order valence-electron chi connectivity index (χ1n) is 7.35. The summed E-state index contributed by atoms with van der Waals surface area (Å²) in [6.07, 6.45) is 2.48. The number of hydrogen-bond donors (Lipinski definition) is 1. The molecule has 1 N–H and O–H groups in total. The molecule has 0 saturated heterocycles. The van der Waals surface area contributed by atoms with Crippen molar-refractivity contribution in [3.05, 3.63) is 36.2 Å². The van der Waals surface area contributed by atoms with Crippen LogP contribution in [0.25, 0.3) is 6.08 Å². The van der Waals surface area contributed by atoms with E-state index in [9.17, 15) is 9.18 Å². The molecule has 1 aromatic rings. The zero-order chi connectivity index (χ0) is 16.3. The highest BCUT2D eigenvalue weighted by Crippen LogP contribution is 2.27. The lowest BCUT2D eigenvalue weighted by Gasteiger charge is -2.36. The second kappa shape index (κ2) is 6.38. The topological polar surface area (TPSA) is 47.6 Å². The van der Waals surface area contributed by atoms with E-state index in [-0.39, 0.29) is 18.0 Å². The van der Waals surface area contributed by atoms with Gasteiger partial charge in [-0.15, -0.1) is 0 Å². The van der Waals surface area contributed by atoms with E-state index < -0.39 is 11.7 Å². The van der Waals surface area contributed by atoms with Crippen LogP contribution in [0.4, 0.5) is 9.18 Å². The maximum atomic E-state index is 13.4. The van der Waals surface area contributed by atoms with E-state index in [2.05, 4.69) is 11.9 Å². The van der Waals surface area contributed by atoms with Crippen LogP contribution in [0.1, 0.15) is 39.2 Å². The first-order valence-corrected chi connectivity index (χ1v) is 7.35. The SMILES string of the molecule is C=Cc1cc(OC2CC(NC(=O)OC(C)(C)C)C2)ccc1F. The van der Waals surface area contributed by atoms with E-state index >= 15 is 0 Å². The van der Waals surface area contributed by atoms with E-state index in [1.165, 1.54) is 12.1 Å². The van der Waals surface area contributed by atoms with Gasteiger partial charge in [0, 0.05) is 24.4 Å². The Bertz CT molecular complexity index is 560. The number of alkyl carbamates (subject to hydrolysis) is 1. The minimum atomic E-state index is -0.501. The molecule has 1 aliphatic carbocycles. The number of ether oxygens (including phenoxy) is 2. The normalized spacial score (nSPS) is 20.7. The van der Waals surface area contributed by atoms with Crippen molar-refractivity contribution >= 4 is 12.2 Å². The molecule has 1 amide bonds. The van der Waals surface area contributed by atoms with Crippen LogP contribution < -0.4 is 10.1 Å². The Morgan fingerprint density at radius 1 is 1.41 bits per heavy atom. The van der Waals surface area contributed by atoms with E-state index in [1.807, 2.05) is 20.8 Å². The summed E-state index contributed by atoms with van der Waals surface area (Å²) >= 11 is 0. The maximum Gasteiger partial charge on any atom is 0.407 e. The van der Waals surface area contributed by atoms with Crippen molar-refractivity contribution in [3.63, 3.8) is 0 Å². The summed E-state index contributed by atoms with van der Waals surface area (Å²) < 4.78 is 24.3. The second-order valence-electron chi connectivity index (χ2n) is 6.44. The number of carbonyl (C=O) groups excluding carboxylic acids is 1. The van der Waals surface area contributed by atoms with E-state index in [0.29, 0.717) is 24.2 Å². The Kier molecular flexibility index (Phi) is 4.74. The molecule has 0 heterocycles. The first-order chi connectivity index (χ1) is 10.3. The largest absolute Gasteiger partial charge is 0.490 e. The average molecular weight is 307 g/mol. The first kappa shape index (κ1) is 16.3. The highest BCUT2D eigenvalue weighted by molar-refractivity contribution is 5.68. The Morgan fingerprint density at radius 3 is 2.68 bits per heavy atom.